The summed E-state index contributed by atoms with van der Waals surface area (Å²) in [4.78, 5) is 23.5. The zero-order valence-corrected chi connectivity index (χ0v) is 10.4. The van der Waals surface area contributed by atoms with Crippen LogP contribution in [0.3, 0.4) is 0 Å². The summed E-state index contributed by atoms with van der Waals surface area (Å²) in [5.41, 5.74) is 0. The first-order valence-corrected chi connectivity index (χ1v) is 6.51. The lowest BCUT2D eigenvalue weighted by molar-refractivity contribution is -0.137. The summed E-state index contributed by atoms with van der Waals surface area (Å²) in [7, 11) is 0. The summed E-state index contributed by atoms with van der Waals surface area (Å²) in [6.07, 6.45) is 0.851. The van der Waals surface area contributed by atoms with Crippen molar-refractivity contribution in [1.82, 2.24) is 5.32 Å². The van der Waals surface area contributed by atoms with Gasteiger partial charge in [0.05, 0.1) is 12.5 Å². The van der Waals surface area contributed by atoms with Crippen LogP contribution in [0.1, 0.15) is 30.7 Å². The predicted molar refractivity (Wildman–Crippen MR) is 64.7 cm³/mol. The van der Waals surface area contributed by atoms with Crippen LogP contribution in [-0.2, 0) is 9.59 Å². The molecule has 1 amide bonds. The van der Waals surface area contributed by atoms with Crippen molar-refractivity contribution in [1.29, 1.82) is 0 Å². The fraction of sp³-hybridized carbons (Fsp3) is 0.500. The molecule has 1 aliphatic rings. The van der Waals surface area contributed by atoms with Crippen molar-refractivity contribution in [2.24, 2.45) is 11.8 Å². The molecule has 17 heavy (non-hydrogen) atoms. The topological polar surface area (TPSA) is 66.4 Å². The molecule has 5 heteroatoms. The highest BCUT2D eigenvalue weighted by Crippen LogP contribution is 2.38. The first-order chi connectivity index (χ1) is 8.08. The third kappa shape index (κ3) is 3.06. The van der Waals surface area contributed by atoms with Crippen LogP contribution in [-0.4, -0.2) is 17.0 Å². The Hall–Kier alpha value is -1.36. The molecule has 0 aliphatic heterocycles. The third-order valence-corrected chi connectivity index (χ3v) is 4.01. The molecule has 0 unspecified atom stereocenters. The highest BCUT2D eigenvalue weighted by Gasteiger charge is 2.40. The van der Waals surface area contributed by atoms with E-state index < -0.39 is 12.0 Å². The molecule has 1 aromatic rings. The number of thiophene rings is 1. The average Bonchev–Trinajstić information content (AvgIpc) is 2.80. The van der Waals surface area contributed by atoms with Gasteiger partial charge in [-0.05, 0) is 23.8 Å². The van der Waals surface area contributed by atoms with Crippen LogP contribution in [0.25, 0.3) is 0 Å². The van der Waals surface area contributed by atoms with Crippen LogP contribution in [0.15, 0.2) is 17.5 Å². The number of carboxylic acid groups (broad SMARTS) is 1. The molecule has 3 atom stereocenters. The number of nitrogens with one attached hydrogen (secondary N) is 1. The van der Waals surface area contributed by atoms with Gasteiger partial charge in [-0.1, -0.05) is 13.0 Å². The summed E-state index contributed by atoms with van der Waals surface area (Å²) in [5.74, 6) is -0.403. The van der Waals surface area contributed by atoms with Crippen LogP contribution >= 0.6 is 11.3 Å². The van der Waals surface area contributed by atoms with Gasteiger partial charge in [0.1, 0.15) is 0 Å². The number of hydrogen-bond donors (Lipinski definition) is 2. The molecule has 1 aromatic heterocycles. The van der Waals surface area contributed by atoms with Crippen LogP contribution in [0.5, 0.6) is 0 Å². The molecule has 1 aliphatic carbocycles. The van der Waals surface area contributed by atoms with E-state index in [9.17, 15) is 9.59 Å². The van der Waals surface area contributed by atoms with Crippen molar-refractivity contribution >= 4 is 23.2 Å². The zero-order valence-electron chi connectivity index (χ0n) is 9.55. The molecule has 1 heterocycles. The molecule has 0 spiro atoms. The number of rotatable bonds is 5. The van der Waals surface area contributed by atoms with Crippen LogP contribution in [0.2, 0.25) is 0 Å². The maximum atomic E-state index is 11.8. The molecule has 0 aromatic carbocycles. The smallest absolute Gasteiger partial charge is 0.305 e. The van der Waals surface area contributed by atoms with Crippen LogP contribution in [0.4, 0.5) is 0 Å². The minimum Gasteiger partial charge on any atom is -0.481 e. The third-order valence-electron chi connectivity index (χ3n) is 3.03. The molecule has 1 saturated carbocycles. The Labute approximate surface area is 104 Å². The predicted octanol–water partition coefficient (Wildman–Crippen LogP) is 2.04. The summed E-state index contributed by atoms with van der Waals surface area (Å²) in [6.45, 7) is 2.03. The van der Waals surface area contributed by atoms with Crippen molar-refractivity contribution < 1.29 is 14.7 Å². The number of carbonyl (C=O) groups is 2. The molecule has 92 valence electrons. The molecule has 2 rings (SSSR count). The van der Waals surface area contributed by atoms with Crippen molar-refractivity contribution in [3.05, 3.63) is 22.4 Å². The summed E-state index contributed by atoms with van der Waals surface area (Å²) < 4.78 is 0. The number of hydrogen-bond acceptors (Lipinski definition) is 3. The molecule has 1 fully saturated rings. The average molecular weight is 253 g/mol. The van der Waals surface area contributed by atoms with Crippen LogP contribution in [0, 0.1) is 11.8 Å². The number of carbonyl (C=O) groups excluding carboxylic acids is 1. The fourth-order valence-electron chi connectivity index (χ4n) is 1.85. The lowest BCUT2D eigenvalue weighted by Crippen LogP contribution is -2.31. The molecule has 0 bridgehead atoms. The largest absolute Gasteiger partial charge is 0.481 e. The molecule has 2 N–H and O–H groups in total. The van der Waals surface area contributed by atoms with Gasteiger partial charge in [0, 0.05) is 10.8 Å². The van der Waals surface area contributed by atoms with Gasteiger partial charge < -0.3 is 10.4 Å². The Balaban J connectivity index is 2.00. The van der Waals surface area contributed by atoms with Crippen molar-refractivity contribution in [2.75, 3.05) is 0 Å². The first kappa shape index (κ1) is 12.1. The zero-order chi connectivity index (χ0) is 12.4. The minimum absolute atomic E-state index is 0.0165. The lowest BCUT2D eigenvalue weighted by atomic mass is 10.1. The van der Waals surface area contributed by atoms with E-state index in [2.05, 4.69) is 5.32 Å². The Morgan fingerprint density at radius 1 is 1.65 bits per heavy atom. The lowest BCUT2D eigenvalue weighted by Gasteiger charge is -2.15. The molecular formula is C12H15NO3S. The molecule has 0 saturated heterocycles. The van der Waals surface area contributed by atoms with Gasteiger partial charge in [0.2, 0.25) is 5.91 Å². The number of carboxylic acids is 1. The van der Waals surface area contributed by atoms with Gasteiger partial charge in [-0.25, -0.2) is 0 Å². The van der Waals surface area contributed by atoms with E-state index in [1.54, 1.807) is 0 Å². The van der Waals surface area contributed by atoms with E-state index in [1.165, 1.54) is 11.3 Å². The Bertz CT molecular complexity index is 415. The first-order valence-electron chi connectivity index (χ1n) is 5.63. The summed E-state index contributed by atoms with van der Waals surface area (Å²) in [6, 6.07) is 3.32. The SMILES string of the molecule is C[C@@H]1C[C@@H]1C(=O)N[C@@H](CC(=O)O)c1cccs1. The van der Waals surface area contributed by atoms with E-state index in [0.717, 1.165) is 11.3 Å². The maximum absolute atomic E-state index is 11.8. The second-order valence-electron chi connectivity index (χ2n) is 4.49. The number of amides is 1. The number of aliphatic carboxylic acids is 1. The van der Waals surface area contributed by atoms with E-state index in [-0.39, 0.29) is 18.2 Å². The van der Waals surface area contributed by atoms with Gasteiger partial charge in [-0.2, -0.15) is 0 Å². The summed E-state index contributed by atoms with van der Waals surface area (Å²) >= 11 is 1.47. The van der Waals surface area contributed by atoms with E-state index in [1.807, 2.05) is 24.4 Å². The highest BCUT2D eigenvalue weighted by atomic mass is 32.1. The Morgan fingerprint density at radius 2 is 2.35 bits per heavy atom. The van der Waals surface area contributed by atoms with Crippen molar-refractivity contribution in [3.8, 4) is 0 Å². The quantitative estimate of drug-likeness (QED) is 0.843. The molecule has 4 nitrogen and oxygen atoms in total. The Kier molecular flexibility index (Phi) is 3.47. The van der Waals surface area contributed by atoms with Crippen LogP contribution < -0.4 is 5.32 Å². The molecule has 0 radical (unpaired) electrons. The van der Waals surface area contributed by atoms with Crippen molar-refractivity contribution in [2.45, 2.75) is 25.8 Å². The standard InChI is InChI=1S/C12H15NO3S/c1-7-5-8(7)12(16)13-9(6-11(14)15)10-3-2-4-17-10/h2-4,7-9H,5-6H2,1H3,(H,13,16)(H,14,15)/t7-,8+,9+/m1/s1. The van der Waals surface area contributed by atoms with E-state index in [0.29, 0.717) is 5.92 Å². The Morgan fingerprint density at radius 3 is 2.82 bits per heavy atom. The maximum Gasteiger partial charge on any atom is 0.305 e. The van der Waals surface area contributed by atoms with Gasteiger partial charge in [-0.3, -0.25) is 9.59 Å². The van der Waals surface area contributed by atoms with Gasteiger partial charge >= 0.3 is 5.97 Å². The second kappa shape index (κ2) is 4.87. The van der Waals surface area contributed by atoms with Crippen molar-refractivity contribution in [3.63, 3.8) is 0 Å². The second-order valence-corrected chi connectivity index (χ2v) is 5.47. The fourth-order valence-corrected chi connectivity index (χ4v) is 2.63. The minimum atomic E-state index is -0.896. The monoisotopic (exact) mass is 253 g/mol. The normalized spacial score (nSPS) is 24.1. The van der Waals surface area contributed by atoms with E-state index in [4.69, 9.17) is 5.11 Å². The highest BCUT2D eigenvalue weighted by molar-refractivity contribution is 7.10. The van der Waals surface area contributed by atoms with Gasteiger partial charge in [0.15, 0.2) is 0 Å². The van der Waals surface area contributed by atoms with Gasteiger partial charge in [-0.15, -0.1) is 11.3 Å². The molecular weight excluding hydrogens is 238 g/mol. The van der Waals surface area contributed by atoms with Gasteiger partial charge in [0.25, 0.3) is 0 Å². The van der Waals surface area contributed by atoms with E-state index >= 15 is 0 Å². The summed E-state index contributed by atoms with van der Waals surface area (Å²) in [5, 5.41) is 13.6.